The Kier molecular flexibility index (Phi) is 4.76. The van der Waals surface area contributed by atoms with Crippen molar-refractivity contribution in [2.75, 3.05) is 29.5 Å². The summed E-state index contributed by atoms with van der Waals surface area (Å²) < 4.78 is 5.62. The molecule has 1 spiro atoms. The number of nitrogens with zero attached hydrogens (tertiary/aromatic N) is 4. The molecule has 1 aliphatic heterocycles. The zero-order chi connectivity index (χ0) is 20.9. The number of rotatable bonds is 3. The van der Waals surface area contributed by atoms with Gasteiger partial charge < -0.3 is 26.5 Å². The fourth-order valence-corrected chi connectivity index (χ4v) is 5.45. The van der Waals surface area contributed by atoms with Crippen LogP contribution in [0.25, 0.3) is 0 Å². The highest BCUT2D eigenvalue weighted by molar-refractivity contribution is 7.99. The highest BCUT2D eigenvalue weighted by Crippen LogP contribution is 2.51. The van der Waals surface area contributed by atoms with Crippen molar-refractivity contribution in [2.45, 2.75) is 35.2 Å². The second kappa shape index (κ2) is 7.33. The number of furan rings is 1. The van der Waals surface area contributed by atoms with Crippen LogP contribution in [0.1, 0.15) is 30.2 Å². The number of aromatic nitrogens is 3. The van der Waals surface area contributed by atoms with Gasteiger partial charge in [0, 0.05) is 47.6 Å². The van der Waals surface area contributed by atoms with Crippen LogP contribution in [0, 0.1) is 5.41 Å². The van der Waals surface area contributed by atoms with Gasteiger partial charge in [0.2, 0.25) is 0 Å². The van der Waals surface area contributed by atoms with Gasteiger partial charge in [-0.05, 0) is 25.0 Å². The summed E-state index contributed by atoms with van der Waals surface area (Å²) in [6.07, 6.45) is 7.95. The van der Waals surface area contributed by atoms with Gasteiger partial charge in [0.15, 0.2) is 5.82 Å². The molecule has 4 heterocycles. The van der Waals surface area contributed by atoms with Crippen molar-refractivity contribution in [3.8, 4) is 0 Å². The van der Waals surface area contributed by atoms with E-state index in [9.17, 15) is 0 Å². The molecule has 8 nitrogen and oxygen atoms in total. The van der Waals surface area contributed by atoms with Crippen LogP contribution in [-0.2, 0) is 6.42 Å². The summed E-state index contributed by atoms with van der Waals surface area (Å²) in [6.45, 7) is 1.70. The third kappa shape index (κ3) is 3.17. The average molecular weight is 444 g/mol. The van der Waals surface area contributed by atoms with Crippen LogP contribution in [-0.4, -0.2) is 28.0 Å². The van der Waals surface area contributed by atoms with Crippen molar-refractivity contribution < 1.29 is 4.42 Å². The summed E-state index contributed by atoms with van der Waals surface area (Å²) in [6, 6.07) is 3.81. The smallest absolute Gasteiger partial charge is 0.158 e. The van der Waals surface area contributed by atoms with E-state index in [4.69, 9.17) is 33.2 Å². The number of nitrogens with two attached hydrogens (primary N) is 3. The maximum atomic E-state index is 6.57. The maximum absolute atomic E-state index is 6.57. The highest BCUT2D eigenvalue weighted by atomic mass is 35.5. The zero-order valence-corrected chi connectivity index (χ0v) is 17.8. The van der Waals surface area contributed by atoms with E-state index < -0.39 is 0 Å². The fraction of sp³-hybridized carbons (Fsp3) is 0.350. The second-order valence-corrected chi connectivity index (χ2v) is 9.24. The fourth-order valence-electron chi connectivity index (χ4n) is 4.44. The number of piperidine rings is 1. The molecular weight excluding hydrogens is 422 g/mol. The lowest BCUT2D eigenvalue weighted by molar-refractivity contribution is 0.181. The van der Waals surface area contributed by atoms with Gasteiger partial charge in [0.1, 0.15) is 22.4 Å². The summed E-state index contributed by atoms with van der Waals surface area (Å²) in [5.41, 5.74) is 19.8. The Balaban J connectivity index is 1.29. The first-order valence-corrected chi connectivity index (χ1v) is 10.9. The first kappa shape index (κ1) is 19.5. The molecule has 3 aromatic rings. The molecule has 1 atom stereocenters. The predicted octanol–water partition coefficient (Wildman–Crippen LogP) is 3.28. The van der Waals surface area contributed by atoms with E-state index in [-0.39, 0.29) is 17.3 Å². The molecule has 6 N–H and O–H groups in total. The number of hydrogen-bond acceptors (Lipinski definition) is 9. The minimum absolute atomic E-state index is 0.0286. The normalized spacial score (nSPS) is 19.9. The third-order valence-corrected chi connectivity index (χ3v) is 7.79. The van der Waals surface area contributed by atoms with Crippen molar-refractivity contribution in [1.82, 2.24) is 15.0 Å². The molecule has 0 unspecified atom stereocenters. The molecule has 0 aromatic carbocycles. The molecule has 2 aliphatic rings. The Hall–Kier alpha value is -2.49. The quantitative estimate of drug-likeness (QED) is 0.557. The van der Waals surface area contributed by atoms with Gasteiger partial charge in [-0.1, -0.05) is 23.4 Å². The van der Waals surface area contributed by atoms with Crippen LogP contribution < -0.4 is 22.1 Å². The Morgan fingerprint density at radius 3 is 2.70 bits per heavy atom. The molecule has 1 fully saturated rings. The van der Waals surface area contributed by atoms with Crippen molar-refractivity contribution in [1.29, 1.82) is 0 Å². The Bertz CT molecular complexity index is 1100. The molecule has 0 amide bonds. The van der Waals surface area contributed by atoms with Gasteiger partial charge in [0.05, 0.1) is 17.5 Å². The maximum Gasteiger partial charge on any atom is 0.158 e. The SMILES string of the molecule is Nc1nc(N2CCC3(CC2)Cc2occc2[C@H]3N)cnc1Sc1ccnc(N)c1Cl. The summed E-state index contributed by atoms with van der Waals surface area (Å²) in [4.78, 5) is 16.0. The number of pyridine rings is 1. The highest BCUT2D eigenvalue weighted by Gasteiger charge is 2.47. The molecule has 1 saturated heterocycles. The molecule has 0 bridgehead atoms. The minimum atomic E-state index is 0.0286. The minimum Gasteiger partial charge on any atom is -0.469 e. The number of nitrogen functional groups attached to an aromatic ring is 2. The summed E-state index contributed by atoms with van der Waals surface area (Å²) >= 11 is 7.55. The van der Waals surface area contributed by atoms with Gasteiger partial charge >= 0.3 is 0 Å². The second-order valence-electron chi connectivity index (χ2n) is 7.83. The van der Waals surface area contributed by atoms with Gasteiger partial charge in [-0.15, -0.1) is 0 Å². The van der Waals surface area contributed by atoms with Crippen LogP contribution >= 0.6 is 23.4 Å². The van der Waals surface area contributed by atoms with E-state index in [1.165, 1.54) is 11.8 Å². The van der Waals surface area contributed by atoms with E-state index in [1.807, 2.05) is 6.07 Å². The van der Waals surface area contributed by atoms with Crippen LogP contribution in [0.3, 0.4) is 0 Å². The zero-order valence-electron chi connectivity index (χ0n) is 16.2. The topological polar surface area (TPSA) is 133 Å². The van der Waals surface area contributed by atoms with E-state index in [0.29, 0.717) is 15.9 Å². The summed E-state index contributed by atoms with van der Waals surface area (Å²) in [5, 5.41) is 0.975. The van der Waals surface area contributed by atoms with E-state index >= 15 is 0 Å². The lowest BCUT2D eigenvalue weighted by Gasteiger charge is -2.42. The molecule has 30 heavy (non-hydrogen) atoms. The summed E-state index contributed by atoms with van der Waals surface area (Å²) in [5.74, 6) is 2.45. The van der Waals surface area contributed by atoms with Crippen LogP contribution in [0.15, 0.2) is 45.1 Å². The summed E-state index contributed by atoms with van der Waals surface area (Å²) in [7, 11) is 0. The van der Waals surface area contributed by atoms with Gasteiger partial charge in [0.25, 0.3) is 0 Å². The van der Waals surface area contributed by atoms with Crippen LogP contribution in [0.4, 0.5) is 17.5 Å². The first-order valence-electron chi connectivity index (χ1n) is 9.74. The van der Waals surface area contributed by atoms with E-state index in [2.05, 4.69) is 19.9 Å². The van der Waals surface area contributed by atoms with Crippen LogP contribution in [0.2, 0.25) is 5.02 Å². The van der Waals surface area contributed by atoms with Crippen molar-refractivity contribution >= 4 is 40.8 Å². The monoisotopic (exact) mass is 443 g/mol. The Labute approximate surface area is 183 Å². The van der Waals surface area contributed by atoms with Gasteiger partial charge in [-0.2, -0.15) is 0 Å². The molecule has 3 aromatic heterocycles. The lowest BCUT2D eigenvalue weighted by atomic mass is 9.73. The molecule has 1 aliphatic carbocycles. The van der Waals surface area contributed by atoms with Crippen molar-refractivity contribution in [3.63, 3.8) is 0 Å². The molecule has 0 saturated carbocycles. The molecule has 5 rings (SSSR count). The number of halogens is 1. The van der Waals surface area contributed by atoms with E-state index in [1.54, 1.807) is 24.7 Å². The van der Waals surface area contributed by atoms with Gasteiger partial charge in [-0.25, -0.2) is 15.0 Å². The van der Waals surface area contributed by atoms with Crippen LogP contribution in [0.5, 0.6) is 0 Å². The standard InChI is InChI=1S/C20H22ClN7OS/c21-15-13(1-5-25-17(15)23)30-19-18(24)27-14(10-26-19)28-6-3-20(4-7-28)9-12-11(16(20)22)2-8-29-12/h1-2,5,8,10,16H,3-4,6-7,9,22H2,(H2,23,25)(H2,24,27)/t16-/m1/s1. The predicted molar refractivity (Wildman–Crippen MR) is 117 cm³/mol. The van der Waals surface area contributed by atoms with E-state index in [0.717, 1.165) is 54.4 Å². The largest absolute Gasteiger partial charge is 0.469 e. The Morgan fingerprint density at radius 1 is 1.17 bits per heavy atom. The number of fused-ring (bicyclic) bond motifs is 1. The molecule has 10 heteroatoms. The number of hydrogen-bond donors (Lipinski definition) is 3. The van der Waals surface area contributed by atoms with Gasteiger partial charge in [-0.3, -0.25) is 0 Å². The van der Waals surface area contributed by atoms with Crippen molar-refractivity contribution in [2.24, 2.45) is 11.1 Å². The lowest BCUT2D eigenvalue weighted by Crippen LogP contribution is -2.44. The molecular formula is C20H22ClN7OS. The number of anilines is 3. The molecule has 0 radical (unpaired) electrons. The average Bonchev–Trinajstić information content (AvgIpc) is 3.29. The molecule has 156 valence electrons. The Morgan fingerprint density at radius 2 is 1.97 bits per heavy atom. The first-order chi connectivity index (χ1) is 14.5. The van der Waals surface area contributed by atoms with Crippen molar-refractivity contribution in [3.05, 3.63) is 47.1 Å². The third-order valence-electron chi connectivity index (χ3n) is 6.21.